The van der Waals surface area contributed by atoms with Crippen molar-refractivity contribution in [1.29, 1.82) is 0 Å². The molecule has 1 N–H and O–H groups in total. The number of aryl methyl sites for hydroxylation is 1. The number of hydrogen-bond acceptors (Lipinski definition) is 2. The lowest BCUT2D eigenvalue weighted by Crippen LogP contribution is -2.31. The fourth-order valence-corrected chi connectivity index (χ4v) is 2.03. The molecule has 0 aliphatic carbocycles. The highest BCUT2D eigenvalue weighted by Crippen LogP contribution is 2.17. The Labute approximate surface area is 106 Å². The highest BCUT2D eigenvalue weighted by Gasteiger charge is 2.16. The van der Waals surface area contributed by atoms with Crippen molar-refractivity contribution in [2.45, 2.75) is 25.9 Å². The van der Waals surface area contributed by atoms with Crippen LogP contribution in [0.15, 0.2) is 18.2 Å². The van der Waals surface area contributed by atoms with Crippen LogP contribution < -0.4 is 5.32 Å². The summed E-state index contributed by atoms with van der Waals surface area (Å²) in [6.07, 6.45) is 2.27. The zero-order chi connectivity index (χ0) is 12.3. The summed E-state index contributed by atoms with van der Waals surface area (Å²) in [5.41, 5.74) is 1.57. The van der Waals surface area contributed by atoms with Crippen molar-refractivity contribution in [2.75, 3.05) is 13.2 Å². The molecule has 1 aliphatic heterocycles. The zero-order valence-electron chi connectivity index (χ0n) is 9.83. The molecule has 1 fully saturated rings. The van der Waals surface area contributed by atoms with Gasteiger partial charge in [-0.25, -0.2) is 0 Å². The minimum atomic E-state index is -0.0950. The van der Waals surface area contributed by atoms with Crippen LogP contribution in [0.3, 0.4) is 0 Å². The van der Waals surface area contributed by atoms with Crippen molar-refractivity contribution in [3.05, 3.63) is 34.3 Å². The number of benzene rings is 1. The van der Waals surface area contributed by atoms with E-state index in [0.717, 1.165) is 25.0 Å². The predicted octanol–water partition coefficient (Wildman–Crippen LogP) is 2.56. The molecular weight excluding hydrogens is 238 g/mol. The van der Waals surface area contributed by atoms with Gasteiger partial charge in [0.25, 0.3) is 5.91 Å². The number of ether oxygens (including phenoxy) is 1. The molecule has 0 aromatic heterocycles. The van der Waals surface area contributed by atoms with Crippen LogP contribution in [0.5, 0.6) is 0 Å². The second-order valence-electron chi connectivity index (χ2n) is 4.31. The predicted molar refractivity (Wildman–Crippen MR) is 67.5 cm³/mol. The van der Waals surface area contributed by atoms with E-state index in [1.807, 2.05) is 13.0 Å². The van der Waals surface area contributed by atoms with E-state index in [1.54, 1.807) is 12.1 Å². The van der Waals surface area contributed by atoms with Crippen molar-refractivity contribution in [1.82, 2.24) is 5.32 Å². The van der Waals surface area contributed by atoms with E-state index < -0.39 is 0 Å². The lowest BCUT2D eigenvalue weighted by atomic mass is 10.1. The fraction of sp³-hybridized carbons (Fsp3) is 0.462. The van der Waals surface area contributed by atoms with Crippen LogP contribution in [-0.2, 0) is 4.74 Å². The third-order valence-electron chi connectivity index (χ3n) is 2.95. The van der Waals surface area contributed by atoms with Crippen molar-refractivity contribution in [3.63, 3.8) is 0 Å². The van der Waals surface area contributed by atoms with E-state index in [1.165, 1.54) is 0 Å². The first-order valence-electron chi connectivity index (χ1n) is 5.83. The van der Waals surface area contributed by atoms with Crippen LogP contribution in [0.1, 0.15) is 28.8 Å². The lowest BCUT2D eigenvalue weighted by Gasteiger charge is -2.11. The van der Waals surface area contributed by atoms with Gasteiger partial charge in [-0.1, -0.05) is 17.7 Å². The van der Waals surface area contributed by atoms with Crippen molar-refractivity contribution >= 4 is 17.5 Å². The van der Waals surface area contributed by atoms with Gasteiger partial charge in [-0.2, -0.15) is 0 Å². The number of carbonyl (C=O) groups excluding carboxylic acids is 1. The molecule has 1 amide bonds. The summed E-state index contributed by atoms with van der Waals surface area (Å²) in [6.45, 7) is 3.29. The Morgan fingerprint density at radius 3 is 3.06 bits per heavy atom. The number of rotatable bonds is 3. The molecular formula is C13H16ClNO2. The molecule has 0 radical (unpaired) electrons. The highest BCUT2D eigenvalue weighted by molar-refractivity contribution is 6.31. The first kappa shape index (κ1) is 12.4. The average molecular weight is 254 g/mol. The largest absolute Gasteiger partial charge is 0.376 e. The fourth-order valence-electron chi connectivity index (χ4n) is 1.85. The van der Waals surface area contributed by atoms with Crippen LogP contribution in [-0.4, -0.2) is 25.2 Å². The van der Waals surface area contributed by atoms with Crippen molar-refractivity contribution in [2.24, 2.45) is 0 Å². The molecule has 0 saturated carbocycles. The molecule has 1 heterocycles. The van der Waals surface area contributed by atoms with Crippen LogP contribution in [0.4, 0.5) is 0 Å². The molecule has 1 aromatic carbocycles. The van der Waals surface area contributed by atoms with E-state index in [-0.39, 0.29) is 12.0 Å². The summed E-state index contributed by atoms with van der Waals surface area (Å²) < 4.78 is 5.44. The summed E-state index contributed by atoms with van der Waals surface area (Å²) in [6, 6.07) is 5.33. The molecule has 2 rings (SSSR count). The van der Waals surface area contributed by atoms with Crippen molar-refractivity contribution < 1.29 is 9.53 Å². The van der Waals surface area contributed by atoms with Gasteiger partial charge in [0.05, 0.1) is 6.10 Å². The number of nitrogens with one attached hydrogen (secondary N) is 1. The first-order valence-corrected chi connectivity index (χ1v) is 6.20. The molecule has 1 aliphatic rings. The van der Waals surface area contributed by atoms with Gasteiger partial charge in [0.1, 0.15) is 0 Å². The van der Waals surface area contributed by atoms with Gasteiger partial charge in [0, 0.05) is 23.7 Å². The van der Waals surface area contributed by atoms with E-state index in [4.69, 9.17) is 16.3 Å². The number of hydrogen-bond donors (Lipinski definition) is 1. The van der Waals surface area contributed by atoms with Gasteiger partial charge in [0.15, 0.2) is 0 Å². The molecule has 1 saturated heterocycles. The molecule has 92 valence electrons. The second-order valence-corrected chi connectivity index (χ2v) is 4.72. The van der Waals surface area contributed by atoms with Crippen LogP contribution in [0.2, 0.25) is 5.02 Å². The minimum Gasteiger partial charge on any atom is -0.376 e. The molecule has 1 atom stereocenters. The van der Waals surface area contributed by atoms with Gasteiger partial charge in [0.2, 0.25) is 0 Å². The Hall–Kier alpha value is -1.06. The van der Waals surface area contributed by atoms with Gasteiger partial charge >= 0.3 is 0 Å². The third kappa shape index (κ3) is 3.20. The molecule has 4 heteroatoms. The van der Waals surface area contributed by atoms with Gasteiger partial charge < -0.3 is 10.1 Å². The zero-order valence-corrected chi connectivity index (χ0v) is 10.6. The quantitative estimate of drug-likeness (QED) is 0.899. The van der Waals surface area contributed by atoms with Gasteiger partial charge in [-0.15, -0.1) is 0 Å². The normalized spacial score (nSPS) is 19.3. The summed E-state index contributed by atoms with van der Waals surface area (Å²) in [7, 11) is 0. The Bertz CT molecular complexity index is 414. The highest BCUT2D eigenvalue weighted by atomic mass is 35.5. The summed E-state index contributed by atoms with van der Waals surface area (Å²) >= 11 is 5.98. The molecule has 1 aromatic rings. The number of halogens is 1. The van der Waals surface area contributed by atoms with Crippen LogP contribution >= 0.6 is 11.6 Å². The molecule has 1 unspecified atom stereocenters. The van der Waals surface area contributed by atoms with E-state index in [9.17, 15) is 4.79 Å². The van der Waals surface area contributed by atoms with E-state index >= 15 is 0 Å². The SMILES string of the molecule is Cc1ccc(C(=O)NCC2CCCO2)cc1Cl. The van der Waals surface area contributed by atoms with Crippen molar-refractivity contribution in [3.8, 4) is 0 Å². The monoisotopic (exact) mass is 253 g/mol. The summed E-state index contributed by atoms with van der Waals surface area (Å²) in [5.74, 6) is -0.0950. The Morgan fingerprint density at radius 2 is 2.41 bits per heavy atom. The maximum absolute atomic E-state index is 11.8. The Kier molecular flexibility index (Phi) is 4.02. The second kappa shape index (κ2) is 5.52. The molecule has 0 spiro atoms. The summed E-state index contributed by atoms with van der Waals surface area (Å²) in [5, 5.41) is 3.49. The Morgan fingerprint density at radius 1 is 1.59 bits per heavy atom. The van der Waals surface area contributed by atoms with E-state index in [0.29, 0.717) is 17.1 Å². The Balaban J connectivity index is 1.92. The molecule has 3 nitrogen and oxygen atoms in total. The van der Waals surface area contributed by atoms with Crippen LogP contribution in [0, 0.1) is 6.92 Å². The minimum absolute atomic E-state index is 0.0950. The summed E-state index contributed by atoms with van der Waals surface area (Å²) in [4.78, 5) is 11.8. The third-order valence-corrected chi connectivity index (χ3v) is 3.36. The maximum atomic E-state index is 11.8. The lowest BCUT2D eigenvalue weighted by molar-refractivity contribution is 0.0858. The van der Waals surface area contributed by atoms with Gasteiger partial charge in [-0.3, -0.25) is 4.79 Å². The first-order chi connectivity index (χ1) is 8.16. The number of amides is 1. The average Bonchev–Trinajstić information content (AvgIpc) is 2.82. The topological polar surface area (TPSA) is 38.3 Å². The molecule has 0 bridgehead atoms. The van der Waals surface area contributed by atoms with E-state index in [2.05, 4.69) is 5.32 Å². The smallest absolute Gasteiger partial charge is 0.251 e. The standard InChI is InChI=1S/C13H16ClNO2/c1-9-4-5-10(7-12(9)14)13(16)15-8-11-3-2-6-17-11/h4-5,7,11H,2-3,6,8H2,1H3,(H,15,16). The van der Waals surface area contributed by atoms with Crippen LogP contribution in [0.25, 0.3) is 0 Å². The number of carbonyl (C=O) groups is 1. The van der Waals surface area contributed by atoms with Gasteiger partial charge in [-0.05, 0) is 37.5 Å². The maximum Gasteiger partial charge on any atom is 0.251 e. The molecule has 17 heavy (non-hydrogen) atoms.